The summed E-state index contributed by atoms with van der Waals surface area (Å²) in [6.07, 6.45) is 62.3. The van der Waals surface area contributed by atoms with Gasteiger partial charge in [-0.2, -0.15) is 0 Å². The van der Waals surface area contributed by atoms with Crippen LogP contribution in [0.5, 0.6) is 0 Å². The molecule has 6 nitrogen and oxygen atoms in total. The normalized spacial score (nSPS) is 12.6. The topological polar surface area (TPSA) is 78.9 Å². The maximum absolute atomic E-state index is 12.6. The molecule has 0 aromatic rings. The fourth-order valence-corrected chi connectivity index (χ4v) is 6.92. The van der Waals surface area contributed by atoms with E-state index in [4.69, 9.17) is 14.2 Å². The van der Waals surface area contributed by atoms with Crippen LogP contribution in [-0.4, -0.2) is 37.2 Å². The second kappa shape index (κ2) is 49.5. The van der Waals surface area contributed by atoms with Crippen LogP contribution < -0.4 is 0 Å². The summed E-state index contributed by atoms with van der Waals surface area (Å²) in [6, 6.07) is 0. The lowest BCUT2D eigenvalue weighted by Crippen LogP contribution is -2.30. The maximum atomic E-state index is 12.6. The first-order valence-corrected chi connectivity index (χ1v) is 25.4. The van der Waals surface area contributed by atoms with Gasteiger partial charge >= 0.3 is 17.9 Å². The molecule has 0 rings (SSSR count). The standard InChI is InChI=1S/C55H94O6/c1-4-7-10-13-15-17-18-19-20-21-22-23-24-25-26-27-28-29-30-31-32-33-34-35-36-38-39-42-45-48-54(57)60-51-52(50-59-53(56)47-44-41-12-9-6-3)61-55(58)49-46-43-40-37-16-14-11-8-5-2/h7,10,15,17,19-20,22-23,25-26,28-29,52H,4-6,8-9,11-14,16,18,21,24,27,30-51H2,1-3H3/b10-7-,17-15-,20-19-,23-22-,26-25-,29-28-. The minimum Gasteiger partial charge on any atom is -0.462 e. The molecule has 0 heterocycles. The van der Waals surface area contributed by atoms with E-state index in [1.165, 1.54) is 96.3 Å². The third-order valence-electron chi connectivity index (χ3n) is 10.7. The van der Waals surface area contributed by atoms with Crippen molar-refractivity contribution in [2.24, 2.45) is 0 Å². The van der Waals surface area contributed by atoms with E-state index < -0.39 is 6.10 Å². The molecule has 350 valence electrons. The Morgan fingerprint density at radius 1 is 0.344 bits per heavy atom. The summed E-state index contributed by atoms with van der Waals surface area (Å²) in [4.78, 5) is 37.5. The molecule has 61 heavy (non-hydrogen) atoms. The summed E-state index contributed by atoms with van der Waals surface area (Å²) in [6.45, 7) is 6.41. The average molecular weight is 851 g/mol. The zero-order valence-electron chi connectivity index (χ0n) is 39.9. The number of esters is 3. The Bertz CT molecular complexity index is 1160. The molecule has 1 unspecified atom stereocenters. The quantitative estimate of drug-likeness (QED) is 0.0263. The van der Waals surface area contributed by atoms with E-state index in [1.807, 2.05) is 0 Å². The van der Waals surface area contributed by atoms with Crippen LogP contribution in [0.15, 0.2) is 72.9 Å². The Balaban J connectivity index is 4.00. The molecule has 0 aliphatic rings. The first kappa shape index (κ1) is 57.9. The summed E-state index contributed by atoms with van der Waals surface area (Å²) >= 11 is 0. The highest BCUT2D eigenvalue weighted by Gasteiger charge is 2.19. The number of hydrogen-bond donors (Lipinski definition) is 0. The van der Waals surface area contributed by atoms with Gasteiger partial charge in [-0.1, -0.05) is 222 Å². The van der Waals surface area contributed by atoms with Crippen LogP contribution in [0.1, 0.15) is 239 Å². The van der Waals surface area contributed by atoms with Gasteiger partial charge in [-0.3, -0.25) is 14.4 Å². The van der Waals surface area contributed by atoms with Crippen LogP contribution in [0.2, 0.25) is 0 Å². The predicted molar refractivity (Wildman–Crippen MR) is 261 cm³/mol. The average Bonchev–Trinajstić information content (AvgIpc) is 3.26. The lowest BCUT2D eigenvalue weighted by molar-refractivity contribution is -0.167. The molecule has 0 aliphatic heterocycles. The van der Waals surface area contributed by atoms with Gasteiger partial charge < -0.3 is 14.2 Å². The minimum absolute atomic E-state index is 0.0753. The molecule has 0 saturated carbocycles. The predicted octanol–water partition coefficient (Wildman–Crippen LogP) is 16.6. The van der Waals surface area contributed by atoms with Crippen molar-refractivity contribution in [3.05, 3.63) is 72.9 Å². The summed E-state index contributed by atoms with van der Waals surface area (Å²) in [5, 5.41) is 0. The first-order chi connectivity index (χ1) is 30.0. The molecule has 0 bridgehead atoms. The molecular weight excluding hydrogens is 757 g/mol. The molecule has 0 aromatic heterocycles. The molecule has 0 aromatic carbocycles. The van der Waals surface area contributed by atoms with E-state index in [1.54, 1.807) is 0 Å². The van der Waals surface area contributed by atoms with Crippen LogP contribution in [0.3, 0.4) is 0 Å². The minimum atomic E-state index is -0.768. The van der Waals surface area contributed by atoms with Gasteiger partial charge in [0.2, 0.25) is 0 Å². The van der Waals surface area contributed by atoms with Gasteiger partial charge in [0.1, 0.15) is 13.2 Å². The van der Waals surface area contributed by atoms with Crippen molar-refractivity contribution < 1.29 is 28.6 Å². The van der Waals surface area contributed by atoms with Crippen molar-refractivity contribution in [1.82, 2.24) is 0 Å². The molecule has 1 atom stereocenters. The Morgan fingerprint density at radius 2 is 0.639 bits per heavy atom. The van der Waals surface area contributed by atoms with Crippen LogP contribution in [0, 0.1) is 0 Å². The largest absolute Gasteiger partial charge is 0.462 e. The van der Waals surface area contributed by atoms with Crippen molar-refractivity contribution >= 4 is 17.9 Å². The van der Waals surface area contributed by atoms with E-state index in [9.17, 15) is 14.4 Å². The Hall–Kier alpha value is -3.15. The molecular formula is C55H94O6. The summed E-state index contributed by atoms with van der Waals surface area (Å²) in [7, 11) is 0. The van der Waals surface area contributed by atoms with Gasteiger partial charge in [-0.25, -0.2) is 0 Å². The van der Waals surface area contributed by atoms with E-state index in [0.29, 0.717) is 19.3 Å². The summed E-state index contributed by atoms with van der Waals surface area (Å²) in [5.41, 5.74) is 0. The highest BCUT2D eigenvalue weighted by Crippen LogP contribution is 2.14. The fourth-order valence-electron chi connectivity index (χ4n) is 6.92. The zero-order valence-corrected chi connectivity index (χ0v) is 39.9. The van der Waals surface area contributed by atoms with E-state index in [0.717, 1.165) is 103 Å². The van der Waals surface area contributed by atoms with Gasteiger partial charge in [-0.05, 0) is 70.6 Å². The molecule has 0 N–H and O–H groups in total. The molecule has 0 fully saturated rings. The van der Waals surface area contributed by atoms with Gasteiger partial charge in [0.05, 0.1) is 0 Å². The zero-order chi connectivity index (χ0) is 44.4. The number of unbranched alkanes of at least 4 members (excludes halogenated alkanes) is 22. The fraction of sp³-hybridized carbons (Fsp3) is 0.727. The smallest absolute Gasteiger partial charge is 0.306 e. The van der Waals surface area contributed by atoms with Crippen molar-refractivity contribution in [2.45, 2.75) is 245 Å². The second-order valence-corrected chi connectivity index (χ2v) is 16.7. The maximum Gasteiger partial charge on any atom is 0.306 e. The summed E-state index contributed by atoms with van der Waals surface area (Å²) in [5.74, 6) is -0.897. The number of ether oxygens (including phenoxy) is 3. The monoisotopic (exact) mass is 851 g/mol. The lowest BCUT2D eigenvalue weighted by atomic mass is 10.1. The van der Waals surface area contributed by atoms with Crippen molar-refractivity contribution in [2.75, 3.05) is 13.2 Å². The molecule has 0 aliphatic carbocycles. The van der Waals surface area contributed by atoms with Crippen LogP contribution in [0.4, 0.5) is 0 Å². The Kier molecular flexibility index (Phi) is 46.9. The summed E-state index contributed by atoms with van der Waals surface area (Å²) < 4.78 is 16.6. The highest BCUT2D eigenvalue weighted by molar-refractivity contribution is 5.71. The van der Waals surface area contributed by atoms with Crippen LogP contribution in [-0.2, 0) is 28.6 Å². The van der Waals surface area contributed by atoms with E-state index in [2.05, 4.69) is 93.7 Å². The second-order valence-electron chi connectivity index (χ2n) is 16.7. The molecule has 0 radical (unpaired) electrons. The lowest BCUT2D eigenvalue weighted by Gasteiger charge is -2.18. The number of allylic oxidation sites excluding steroid dienone is 12. The SMILES string of the molecule is CC/C=C\C/C=C\C/C=C\C/C=C\C/C=C\C/C=C\CCCCCCCCCCCCC(=O)OCC(COC(=O)CCCCCCC)OC(=O)CCCCCCCCCCC. The Morgan fingerprint density at radius 3 is 1.00 bits per heavy atom. The Labute approximate surface area is 376 Å². The van der Waals surface area contributed by atoms with Crippen molar-refractivity contribution in [1.29, 1.82) is 0 Å². The molecule has 0 spiro atoms. The van der Waals surface area contributed by atoms with Crippen molar-refractivity contribution in [3.63, 3.8) is 0 Å². The van der Waals surface area contributed by atoms with Gasteiger partial charge in [0.25, 0.3) is 0 Å². The van der Waals surface area contributed by atoms with Gasteiger partial charge in [0.15, 0.2) is 6.10 Å². The van der Waals surface area contributed by atoms with Gasteiger partial charge in [0, 0.05) is 19.3 Å². The number of hydrogen-bond acceptors (Lipinski definition) is 6. The van der Waals surface area contributed by atoms with Gasteiger partial charge in [-0.15, -0.1) is 0 Å². The third kappa shape index (κ3) is 47.7. The first-order valence-electron chi connectivity index (χ1n) is 25.4. The molecule has 0 saturated heterocycles. The number of carbonyl (C=O) groups is 3. The number of carbonyl (C=O) groups excluding carboxylic acids is 3. The van der Waals surface area contributed by atoms with E-state index >= 15 is 0 Å². The van der Waals surface area contributed by atoms with Crippen molar-refractivity contribution in [3.8, 4) is 0 Å². The highest BCUT2D eigenvalue weighted by atomic mass is 16.6. The molecule has 0 amide bonds. The third-order valence-corrected chi connectivity index (χ3v) is 10.7. The van der Waals surface area contributed by atoms with E-state index in [-0.39, 0.29) is 31.1 Å². The molecule has 6 heteroatoms. The van der Waals surface area contributed by atoms with Crippen LogP contribution >= 0.6 is 0 Å². The number of rotatable bonds is 45. The van der Waals surface area contributed by atoms with Crippen LogP contribution in [0.25, 0.3) is 0 Å².